The van der Waals surface area contributed by atoms with Crippen molar-refractivity contribution in [1.82, 2.24) is 4.90 Å². The summed E-state index contributed by atoms with van der Waals surface area (Å²) < 4.78 is 0. The van der Waals surface area contributed by atoms with Gasteiger partial charge in [0, 0.05) is 25.6 Å². The first-order chi connectivity index (χ1) is 6.79. The summed E-state index contributed by atoms with van der Waals surface area (Å²) in [6.07, 6.45) is 5.92. The summed E-state index contributed by atoms with van der Waals surface area (Å²) in [6, 6.07) is 0.275. The van der Waals surface area contributed by atoms with Crippen LogP contribution in [-0.4, -0.2) is 35.1 Å². The van der Waals surface area contributed by atoms with Gasteiger partial charge in [-0.25, -0.2) is 0 Å². The molecule has 1 aliphatic rings. The van der Waals surface area contributed by atoms with Crippen molar-refractivity contribution in [2.24, 2.45) is 0 Å². The first kappa shape index (κ1) is 11.2. The summed E-state index contributed by atoms with van der Waals surface area (Å²) in [4.78, 5) is 13.6. The Bertz CT molecular complexity index is 203. The van der Waals surface area contributed by atoms with Crippen LogP contribution in [0, 0.1) is 0 Å². The molecule has 0 aromatic rings. The molecule has 80 valence electrons. The van der Waals surface area contributed by atoms with E-state index in [0.29, 0.717) is 6.42 Å². The Balaban J connectivity index is 2.40. The van der Waals surface area contributed by atoms with Crippen molar-refractivity contribution in [3.8, 4) is 0 Å². The van der Waals surface area contributed by atoms with E-state index in [2.05, 4.69) is 6.58 Å². The molecule has 1 amide bonds. The van der Waals surface area contributed by atoms with Crippen molar-refractivity contribution < 1.29 is 9.90 Å². The van der Waals surface area contributed by atoms with E-state index in [1.165, 1.54) is 0 Å². The van der Waals surface area contributed by atoms with E-state index < -0.39 is 0 Å². The molecular formula is C11H19NO2. The number of allylic oxidation sites excluding steroid dienone is 1. The summed E-state index contributed by atoms with van der Waals surface area (Å²) >= 11 is 0. The molecule has 0 aliphatic carbocycles. The van der Waals surface area contributed by atoms with Gasteiger partial charge in [0.1, 0.15) is 0 Å². The summed E-state index contributed by atoms with van der Waals surface area (Å²) in [5.41, 5.74) is 0. The van der Waals surface area contributed by atoms with Gasteiger partial charge in [0.25, 0.3) is 0 Å². The van der Waals surface area contributed by atoms with Crippen LogP contribution in [0.25, 0.3) is 0 Å². The molecule has 1 N–H and O–H groups in total. The third kappa shape index (κ3) is 2.84. The number of hydrogen-bond donors (Lipinski definition) is 1. The Kier molecular flexibility index (Phi) is 4.66. The zero-order valence-electron chi connectivity index (χ0n) is 8.61. The molecule has 1 heterocycles. The number of rotatable bonds is 5. The van der Waals surface area contributed by atoms with Crippen molar-refractivity contribution in [1.29, 1.82) is 0 Å². The molecule has 1 saturated heterocycles. The van der Waals surface area contributed by atoms with Gasteiger partial charge in [-0.15, -0.1) is 6.58 Å². The smallest absolute Gasteiger partial charge is 0.223 e. The highest BCUT2D eigenvalue weighted by Gasteiger charge is 2.27. The minimum Gasteiger partial charge on any atom is -0.396 e. The number of amides is 1. The van der Waals surface area contributed by atoms with Gasteiger partial charge < -0.3 is 10.0 Å². The van der Waals surface area contributed by atoms with Gasteiger partial charge in [-0.2, -0.15) is 0 Å². The van der Waals surface area contributed by atoms with Crippen molar-refractivity contribution in [2.75, 3.05) is 13.2 Å². The van der Waals surface area contributed by atoms with Gasteiger partial charge in [0.05, 0.1) is 0 Å². The largest absolute Gasteiger partial charge is 0.396 e. The van der Waals surface area contributed by atoms with Crippen LogP contribution in [0.5, 0.6) is 0 Å². The molecule has 14 heavy (non-hydrogen) atoms. The Hall–Kier alpha value is -0.830. The molecule has 1 rings (SSSR count). The normalized spacial score (nSPS) is 21.2. The molecule has 0 aromatic carbocycles. The fourth-order valence-electron chi connectivity index (χ4n) is 1.98. The van der Waals surface area contributed by atoms with E-state index in [9.17, 15) is 4.79 Å². The highest BCUT2D eigenvalue weighted by atomic mass is 16.3. The lowest BCUT2D eigenvalue weighted by molar-refractivity contribution is -0.132. The zero-order valence-corrected chi connectivity index (χ0v) is 8.61. The average Bonchev–Trinajstić information content (AvgIpc) is 2.63. The van der Waals surface area contributed by atoms with Gasteiger partial charge in [-0.3, -0.25) is 4.79 Å². The van der Waals surface area contributed by atoms with Crippen molar-refractivity contribution >= 4 is 5.91 Å². The Morgan fingerprint density at radius 1 is 1.64 bits per heavy atom. The molecule has 0 radical (unpaired) electrons. The second kappa shape index (κ2) is 5.81. The fourth-order valence-corrected chi connectivity index (χ4v) is 1.98. The minimum absolute atomic E-state index is 0.176. The number of carbonyl (C=O) groups excluding carboxylic acids is 1. The number of carbonyl (C=O) groups is 1. The van der Waals surface area contributed by atoms with Crippen molar-refractivity contribution in [2.45, 2.75) is 38.1 Å². The lowest BCUT2D eigenvalue weighted by Gasteiger charge is -2.23. The second-order valence-corrected chi connectivity index (χ2v) is 3.72. The van der Waals surface area contributed by atoms with Crippen LogP contribution in [0.1, 0.15) is 32.1 Å². The molecular weight excluding hydrogens is 178 g/mol. The summed E-state index contributed by atoms with van der Waals surface area (Å²) in [5.74, 6) is 0.209. The van der Waals surface area contributed by atoms with Gasteiger partial charge in [-0.1, -0.05) is 6.08 Å². The maximum absolute atomic E-state index is 11.7. The van der Waals surface area contributed by atoms with Crippen LogP contribution < -0.4 is 0 Å². The SMILES string of the molecule is C=CCCC(=O)N1CCC[C@H]1CCO. The first-order valence-corrected chi connectivity index (χ1v) is 5.30. The van der Waals surface area contributed by atoms with E-state index in [1.807, 2.05) is 4.90 Å². The molecule has 3 heteroatoms. The molecule has 0 bridgehead atoms. The highest BCUT2D eigenvalue weighted by molar-refractivity contribution is 5.76. The van der Waals surface area contributed by atoms with Gasteiger partial charge in [-0.05, 0) is 25.7 Å². The van der Waals surface area contributed by atoms with Crippen molar-refractivity contribution in [3.05, 3.63) is 12.7 Å². The molecule has 0 spiro atoms. The van der Waals surface area contributed by atoms with E-state index in [0.717, 1.165) is 32.2 Å². The highest BCUT2D eigenvalue weighted by Crippen LogP contribution is 2.20. The van der Waals surface area contributed by atoms with Crippen LogP contribution >= 0.6 is 0 Å². The zero-order chi connectivity index (χ0) is 10.4. The Morgan fingerprint density at radius 2 is 2.43 bits per heavy atom. The molecule has 0 aromatic heterocycles. The molecule has 1 atom stereocenters. The van der Waals surface area contributed by atoms with Crippen molar-refractivity contribution in [3.63, 3.8) is 0 Å². The average molecular weight is 197 g/mol. The number of likely N-dealkylation sites (tertiary alicyclic amines) is 1. The lowest BCUT2D eigenvalue weighted by atomic mass is 10.1. The lowest BCUT2D eigenvalue weighted by Crippen LogP contribution is -2.35. The number of aliphatic hydroxyl groups is 1. The fraction of sp³-hybridized carbons (Fsp3) is 0.727. The Morgan fingerprint density at radius 3 is 3.07 bits per heavy atom. The standard InChI is InChI=1S/C11H19NO2/c1-2-3-6-11(14)12-8-4-5-10(12)7-9-13/h2,10,13H,1,3-9H2/t10-/m0/s1. The molecule has 0 saturated carbocycles. The van der Waals surface area contributed by atoms with E-state index in [-0.39, 0.29) is 18.6 Å². The topological polar surface area (TPSA) is 40.5 Å². The number of hydrogen-bond acceptors (Lipinski definition) is 2. The third-order valence-electron chi connectivity index (χ3n) is 2.72. The molecule has 3 nitrogen and oxygen atoms in total. The molecule has 1 fully saturated rings. The molecule has 1 aliphatic heterocycles. The monoisotopic (exact) mass is 197 g/mol. The maximum Gasteiger partial charge on any atom is 0.223 e. The van der Waals surface area contributed by atoms with Crippen LogP contribution in [0.4, 0.5) is 0 Å². The van der Waals surface area contributed by atoms with E-state index in [4.69, 9.17) is 5.11 Å². The van der Waals surface area contributed by atoms with Crippen LogP contribution in [0.15, 0.2) is 12.7 Å². The molecule has 0 unspecified atom stereocenters. The van der Waals surface area contributed by atoms with E-state index >= 15 is 0 Å². The van der Waals surface area contributed by atoms with Crippen LogP contribution in [0.3, 0.4) is 0 Å². The van der Waals surface area contributed by atoms with Crippen LogP contribution in [-0.2, 0) is 4.79 Å². The minimum atomic E-state index is 0.176. The number of aliphatic hydroxyl groups excluding tert-OH is 1. The summed E-state index contributed by atoms with van der Waals surface area (Å²) in [6.45, 7) is 4.64. The van der Waals surface area contributed by atoms with Gasteiger partial charge in [0.2, 0.25) is 5.91 Å². The summed E-state index contributed by atoms with van der Waals surface area (Å²) in [5, 5.41) is 8.85. The predicted molar refractivity (Wildman–Crippen MR) is 55.9 cm³/mol. The second-order valence-electron chi connectivity index (χ2n) is 3.72. The number of nitrogens with zero attached hydrogens (tertiary/aromatic N) is 1. The maximum atomic E-state index is 11.7. The quantitative estimate of drug-likeness (QED) is 0.675. The predicted octanol–water partition coefficient (Wildman–Crippen LogP) is 1.33. The van der Waals surface area contributed by atoms with Gasteiger partial charge in [0.15, 0.2) is 0 Å². The Labute approximate surface area is 85.4 Å². The third-order valence-corrected chi connectivity index (χ3v) is 2.72. The first-order valence-electron chi connectivity index (χ1n) is 5.30. The van der Waals surface area contributed by atoms with Gasteiger partial charge >= 0.3 is 0 Å². The van der Waals surface area contributed by atoms with E-state index in [1.54, 1.807) is 6.08 Å². The summed E-state index contributed by atoms with van der Waals surface area (Å²) in [7, 11) is 0. The van der Waals surface area contributed by atoms with Crippen LogP contribution in [0.2, 0.25) is 0 Å².